The molecule has 3 nitrogen and oxygen atoms in total. The third-order valence-electron chi connectivity index (χ3n) is 2.06. The van der Waals surface area contributed by atoms with Crippen molar-refractivity contribution < 1.29 is 9.18 Å². The minimum absolute atomic E-state index is 0.278. The number of carbonyl (C=O) groups is 1. The van der Waals surface area contributed by atoms with Crippen molar-refractivity contribution >= 4 is 23.4 Å². The number of rotatable bonds is 5. The van der Waals surface area contributed by atoms with Gasteiger partial charge in [0.25, 0.3) is 0 Å². The predicted molar refractivity (Wildman–Crippen MR) is 66.0 cm³/mol. The van der Waals surface area contributed by atoms with Crippen LogP contribution in [-0.2, 0) is 4.79 Å². The number of carbonyl (C=O) groups excluding carboxylic acids is 1. The summed E-state index contributed by atoms with van der Waals surface area (Å²) in [5, 5.41) is 2.58. The molecular weight excluding hydrogens is 227 g/mol. The lowest BCUT2D eigenvalue weighted by molar-refractivity contribution is -0.117. The van der Waals surface area contributed by atoms with Gasteiger partial charge in [-0.2, -0.15) is 11.8 Å². The Labute approximate surface area is 98.6 Å². The van der Waals surface area contributed by atoms with Gasteiger partial charge in [-0.1, -0.05) is 6.07 Å². The Balaban J connectivity index is 2.50. The molecular formula is C11H15FN2OS. The molecule has 1 amide bonds. The standard InChI is InChI=1S/C11H15FN2OS/c1-16-6-5-10(13)11(15)14-9-4-2-3-8(12)7-9/h2-4,7,10H,5-6,13H2,1H3,(H,14,15)/t10-/m0/s1. The largest absolute Gasteiger partial charge is 0.325 e. The average molecular weight is 242 g/mol. The summed E-state index contributed by atoms with van der Waals surface area (Å²) in [6, 6.07) is 5.21. The normalized spacial score (nSPS) is 12.2. The quantitative estimate of drug-likeness (QED) is 0.828. The Hall–Kier alpha value is -1.07. The summed E-state index contributed by atoms with van der Waals surface area (Å²) in [4.78, 5) is 11.6. The molecule has 0 aliphatic heterocycles. The fourth-order valence-electron chi connectivity index (χ4n) is 1.18. The van der Waals surface area contributed by atoms with Crippen LogP contribution in [0.1, 0.15) is 6.42 Å². The van der Waals surface area contributed by atoms with E-state index >= 15 is 0 Å². The summed E-state index contributed by atoms with van der Waals surface area (Å²) < 4.78 is 12.8. The molecule has 0 saturated heterocycles. The van der Waals surface area contributed by atoms with E-state index in [0.717, 1.165) is 5.75 Å². The van der Waals surface area contributed by atoms with Crippen LogP contribution < -0.4 is 11.1 Å². The van der Waals surface area contributed by atoms with Crippen molar-refractivity contribution in [2.45, 2.75) is 12.5 Å². The molecule has 0 bridgehead atoms. The summed E-state index contributed by atoms with van der Waals surface area (Å²) in [7, 11) is 0. The zero-order valence-corrected chi connectivity index (χ0v) is 9.89. The van der Waals surface area contributed by atoms with Crippen LogP contribution >= 0.6 is 11.8 Å². The molecule has 0 saturated carbocycles. The molecule has 5 heteroatoms. The van der Waals surface area contributed by atoms with Gasteiger partial charge in [0.2, 0.25) is 5.91 Å². The maximum atomic E-state index is 12.8. The van der Waals surface area contributed by atoms with E-state index in [4.69, 9.17) is 5.73 Å². The molecule has 1 atom stereocenters. The number of nitrogens with one attached hydrogen (secondary N) is 1. The molecule has 0 aromatic heterocycles. The second kappa shape index (κ2) is 6.50. The lowest BCUT2D eigenvalue weighted by Gasteiger charge is -2.11. The zero-order chi connectivity index (χ0) is 12.0. The molecule has 3 N–H and O–H groups in total. The van der Waals surface area contributed by atoms with Gasteiger partial charge in [-0.05, 0) is 36.6 Å². The Bertz CT molecular complexity index is 360. The number of thioether (sulfide) groups is 1. The van der Waals surface area contributed by atoms with Gasteiger partial charge in [0.15, 0.2) is 0 Å². The van der Waals surface area contributed by atoms with Crippen LogP contribution in [0.2, 0.25) is 0 Å². The first-order chi connectivity index (χ1) is 7.63. The van der Waals surface area contributed by atoms with Crippen molar-refractivity contribution in [1.29, 1.82) is 0 Å². The molecule has 1 rings (SSSR count). The number of nitrogens with two attached hydrogens (primary N) is 1. The fraction of sp³-hybridized carbons (Fsp3) is 0.364. The van der Waals surface area contributed by atoms with E-state index < -0.39 is 6.04 Å². The van der Waals surface area contributed by atoms with Crippen LogP contribution in [0.25, 0.3) is 0 Å². The SMILES string of the molecule is CSCC[C@H](N)C(=O)Nc1cccc(F)c1. The molecule has 0 fully saturated rings. The van der Waals surface area contributed by atoms with Gasteiger partial charge in [0.1, 0.15) is 5.82 Å². The van der Waals surface area contributed by atoms with Gasteiger partial charge in [-0.15, -0.1) is 0 Å². The highest BCUT2D eigenvalue weighted by atomic mass is 32.2. The molecule has 0 unspecified atom stereocenters. The minimum Gasteiger partial charge on any atom is -0.325 e. The van der Waals surface area contributed by atoms with Crippen LogP contribution in [0.5, 0.6) is 0 Å². The molecule has 0 aliphatic rings. The van der Waals surface area contributed by atoms with E-state index in [9.17, 15) is 9.18 Å². The smallest absolute Gasteiger partial charge is 0.241 e. The minimum atomic E-state index is -0.546. The Morgan fingerprint density at radius 2 is 2.38 bits per heavy atom. The van der Waals surface area contributed by atoms with Crippen molar-refractivity contribution in [2.75, 3.05) is 17.3 Å². The molecule has 88 valence electrons. The maximum Gasteiger partial charge on any atom is 0.241 e. The lowest BCUT2D eigenvalue weighted by Crippen LogP contribution is -2.36. The highest BCUT2D eigenvalue weighted by Gasteiger charge is 2.12. The first kappa shape index (κ1) is 13.0. The molecule has 0 aliphatic carbocycles. The van der Waals surface area contributed by atoms with Gasteiger partial charge in [0, 0.05) is 5.69 Å². The van der Waals surface area contributed by atoms with Crippen LogP contribution in [0.4, 0.5) is 10.1 Å². The molecule has 0 heterocycles. The third-order valence-corrected chi connectivity index (χ3v) is 2.71. The Morgan fingerprint density at radius 3 is 3.00 bits per heavy atom. The summed E-state index contributed by atoms with van der Waals surface area (Å²) in [5.41, 5.74) is 6.10. The van der Waals surface area contributed by atoms with Crippen LogP contribution in [0.15, 0.2) is 24.3 Å². The highest BCUT2D eigenvalue weighted by Crippen LogP contribution is 2.10. The molecule has 1 aromatic rings. The maximum absolute atomic E-state index is 12.8. The third kappa shape index (κ3) is 4.20. The molecule has 16 heavy (non-hydrogen) atoms. The second-order valence-corrected chi connectivity index (χ2v) is 4.37. The van der Waals surface area contributed by atoms with Crippen LogP contribution in [0.3, 0.4) is 0 Å². The zero-order valence-electron chi connectivity index (χ0n) is 9.07. The first-order valence-corrected chi connectivity index (χ1v) is 6.34. The van der Waals surface area contributed by atoms with Crippen molar-refractivity contribution in [3.63, 3.8) is 0 Å². The van der Waals surface area contributed by atoms with Gasteiger partial charge in [0.05, 0.1) is 6.04 Å². The fourth-order valence-corrected chi connectivity index (χ4v) is 1.67. The van der Waals surface area contributed by atoms with E-state index in [2.05, 4.69) is 5.32 Å². The van der Waals surface area contributed by atoms with Gasteiger partial charge < -0.3 is 11.1 Å². The number of benzene rings is 1. The van der Waals surface area contributed by atoms with Crippen molar-refractivity contribution in [1.82, 2.24) is 0 Å². The Kier molecular flexibility index (Phi) is 5.28. The molecule has 0 radical (unpaired) electrons. The van der Waals surface area contributed by atoms with E-state index in [1.807, 2.05) is 6.26 Å². The van der Waals surface area contributed by atoms with E-state index in [0.29, 0.717) is 12.1 Å². The van der Waals surface area contributed by atoms with Crippen molar-refractivity contribution in [3.05, 3.63) is 30.1 Å². The summed E-state index contributed by atoms with van der Waals surface area (Å²) >= 11 is 1.64. The topological polar surface area (TPSA) is 55.1 Å². The molecule has 0 spiro atoms. The summed E-state index contributed by atoms with van der Waals surface area (Å²) in [6.07, 6.45) is 2.57. The lowest BCUT2D eigenvalue weighted by atomic mass is 10.2. The Morgan fingerprint density at radius 1 is 1.62 bits per heavy atom. The molecule has 1 aromatic carbocycles. The first-order valence-electron chi connectivity index (χ1n) is 4.94. The monoisotopic (exact) mass is 242 g/mol. The van der Waals surface area contributed by atoms with E-state index in [1.165, 1.54) is 12.1 Å². The summed E-state index contributed by atoms with van der Waals surface area (Å²) in [5.74, 6) is 0.174. The number of anilines is 1. The number of halogens is 1. The van der Waals surface area contributed by atoms with Crippen molar-refractivity contribution in [2.24, 2.45) is 5.73 Å². The highest BCUT2D eigenvalue weighted by molar-refractivity contribution is 7.98. The second-order valence-electron chi connectivity index (χ2n) is 3.39. The average Bonchev–Trinajstić information content (AvgIpc) is 2.25. The number of amides is 1. The van der Waals surface area contributed by atoms with E-state index in [1.54, 1.807) is 23.9 Å². The summed E-state index contributed by atoms with van der Waals surface area (Å²) in [6.45, 7) is 0. The van der Waals surface area contributed by atoms with E-state index in [-0.39, 0.29) is 11.7 Å². The van der Waals surface area contributed by atoms with Crippen molar-refractivity contribution in [3.8, 4) is 0 Å². The number of hydrogen-bond donors (Lipinski definition) is 2. The number of hydrogen-bond acceptors (Lipinski definition) is 3. The van der Waals surface area contributed by atoms with Gasteiger partial charge in [-0.3, -0.25) is 4.79 Å². The predicted octanol–water partition coefficient (Wildman–Crippen LogP) is 1.84. The van der Waals surface area contributed by atoms with Crippen LogP contribution in [0, 0.1) is 5.82 Å². The van der Waals surface area contributed by atoms with Gasteiger partial charge in [-0.25, -0.2) is 4.39 Å². The van der Waals surface area contributed by atoms with Gasteiger partial charge >= 0.3 is 0 Å². The van der Waals surface area contributed by atoms with Crippen LogP contribution in [-0.4, -0.2) is 24.0 Å².